The molecular formula is C7H11NO2. The van der Waals surface area contributed by atoms with E-state index in [-0.39, 0.29) is 0 Å². The van der Waals surface area contributed by atoms with Crippen molar-refractivity contribution in [2.75, 3.05) is 19.8 Å². The number of aldehydes is 1. The van der Waals surface area contributed by atoms with Gasteiger partial charge in [0.15, 0.2) is 0 Å². The molecule has 1 saturated heterocycles. The molecule has 0 aromatic rings. The maximum absolute atomic E-state index is 10.5. The zero-order valence-corrected chi connectivity index (χ0v) is 5.80. The lowest BCUT2D eigenvalue weighted by Crippen LogP contribution is -2.53. The lowest BCUT2D eigenvalue weighted by atomic mass is 10.0. The van der Waals surface area contributed by atoms with Crippen LogP contribution in [0.15, 0.2) is 12.7 Å². The van der Waals surface area contributed by atoms with E-state index < -0.39 is 5.54 Å². The lowest BCUT2D eigenvalue weighted by molar-refractivity contribution is -0.115. The van der Waals surface area contributed by atoms with Gasteiger partial charge in [0.25, 0.3) is 0 Å². The highest BCUT2D eigenvalue weighted by Gasteiger charge is 2.27. The van der Waals surface area contributed by atoms with Crippen molar-refractivity contribution in [3.8, 4) is 0 Å². The zero-order valence-electron chi connectivity index (χ0n) is 5.80. The number of rotatable bonds is 2. The standard InChI is InChI=1S/C7H11NO2/c1-2-7(5-9)6-10-4-3-8-7/h2,5,8H,1,3-4,6H2. The molecule has 1 aliphatic heterocycles. The average molecular weight is 141 g/mol. The molecule has 1 unspecified atom stereocenters. The van der Waals surface area contributed by atoms with Gasteiger partial charge in [0.05, 0.1) is 13.2 Å². The summed E-state index contributed by atoms with van der Waals surface area (Å²) in [6, 6.07) is 0. The van der Waals surface area contributed by atoms with Crippen LogP contribution >= 0.6 is 0 Å². The number of carbonyl (C=O) groups excluding carboxylic acids is 1. The summed E-state index contributed by atoms with van der Waals surface area (Å²) >= 11 is 0. The number of morpholine rings is 1. The van der Waals surface area contributed by atoms with Gasteiger partial charge in [-0.3, -0.25) is 5.32 Å². The molecule has 1 aliphatic rings. The molecule has 1 N–H and O–H groups in total. The Balaban J connectivity index is 2.60. The van der Waals surface area contributed by atoms with Crippen LogP contribution in [0.4, 0.5) is 0 Å². The fourth-order valence-corrected chi connectivity index (χ4v) is 0.903. The van der Waals surface area contributed by atoms with Gasteiger partial charge in [-0.2, -0.15) is 0 Å². The minimum atomic E-state index is -0.627. The van der Waals surface area contributed by atoms with E-state index in [4.69, 9.17) is 4.74 Å². The molecule has 0 bridgehead atoms. The third-order valence-corrected chi connectivity index (χ3v) is 1.62. The van der Waals surface area contributed by atoms with Crippen LogP contribution in [-0.4, -0.2) is 31.6 Å². The number of carbonyl (C=O) groups is 1. The predicted octanol–water partition coefficient (Wildman–Crippen LogP) is -0.270. The molecule has 56 valence electrons. The fraction of sp³-hybridized carbons (Fsp3) is 0.571. The van der Waals surface area contributed by atoms with E-state index >= 15 is 0 Å². The van der Waals surface area contributed by atoms with Crippen LogP contribution in [0, 0.1) is 0 Å². The second kappa shape index (κ2) is 2.94. The first-order valence-electron chi connectivity index (χ1n) is 3.26. The van der Waals surface area contributed by atoms with Crippen molar-refractivity contribution in [3.05, 3.63) is 12.7 Å². The molecule has 10 heavy (non-hydrogen) atoms. The molecule has 1 fully saturated rings. The van der Waals surface area contributed by atoms with Crippen molar-refractivity contribution in [3.63, 3.8) is 0 Å². The minimum absolute atomic E-state index is 0.403. The number of hydrogen-bond acceptors (Lipinski definition) is 3. The molecule has 1 rings (SSSR count). The largest absolute Gasteiger partial charge is 0.377 e. The average Bonchev–Trinajstić information content (AvgIpc) is 2.06. The van der Waals surface area contributed by atoms with Gasteiger partial charge in [0.1, 0.15) is 11.8 Å². The van der Waals surface area contributed by atoms with Gasteiger partial charge in [-0.1, -0.05) is 6.08 Å². The smallest absolute Gasteiger partial charge is 0.146 e. The van der Waals surface area contributed by atoms with Crippen LogP contribution < -0.4 is 5.32 Å². The van der Waals surface area contributed by atoms with E-state index in [0.717, 1.165) is 6.29 Å². The molecule has 0 aromatic heterocycles. The minimum Gasteiger partial charge on any atom is -0.377 e. The van der Waals surface area contributed by atoms with Crippen molar-refractivity contribution in [1.29, 1.82) is 0 Å². The molecule has 1 atom stereocenters. The van der Waals surface area contributed by atoms with E-state index in [9.17, 15) is 4.79 Å². The first-order chi connectivity index (χ1) is 4.83. The number of ether oxygens (including phenoxy) is 1. The van der Waals surface area contributed by atoms with Crippen LogP contribution in [0.5, 0.6) is 0 Å². The summed E-state index contributed by atoms with van der Waals surface area (Å²) in [5.74, 6) is 0. The Labute approximate surface area is 60.1 Å². The van der Waals surface area contributed by atoms with Crippen LogP contribution in [0.3, 0.4) is 0 Å². The predicted molar refractivity (Wildman–Crippen MR) is 37.8 cm³/mol. The summed E-state index contributed by atoms with van der Waals surface area (Å²) in [5, 5.41) is 3.02. The monoisotopic (exact) mass is 141 g/mol. The zero-order chi connectivity index (χ0) is 7.45. The van der Waals surface area contributed by atoms with Gasteiger partial charge in [0.2, 0.25) is 0 Å². The highest BCUT2D eigenvalue weighted by molar-refractivity contribution is 5.68. The molecule has 0 amide bonds. The Morgan fingerprint density at radius 3 is 2.80 bits per heavy atom. The van der Waals surface area contributed by atoms with Crippen LogP contribution in [0.25, 0.3) is 0 Å². The summed E-state index contributed by atoms with van der Waals surface area (Å²) in [4.78, 5) is 10.5. The molecule has 0 spiro atoms. The maximum atomic E-state index is 10.5. The van der Waals surface area contributed by atoms with Crippen LogP contribution in [0.2, 0.25) is 0 Å². The summed E-state index contributed by atoms with van der Waals surface area (Å²) in [6.45, 7) is 5.34. The SMILES string of the molecule is C=CC1(C=O)COCCN1. The summed E-state index contributed by atoms with van der Waals surface area (Å²) < 4.78 is 5.10. The normalized spacial score (nSPS) is 33.2. The van der Waals surface area contributed by atoms with Gasteiger partial charge >= 0.3 is 0 Å². The van der Waals surface area contributed by atoms with Gasteiger partial charge in [0, 0.05) is 6.54 Å². The second-order valence-electron chi connectivity index (χ2n) is 2.34. The topological polar surface area (TPSA) is 38.3 Å². The van der Waals surface area contributed by atoms with Crippen molar-refractivity contribution < 1.29 is 9.53 Å². The third-order valence-electron chi connectivity index (χ3n) is 1.62. The molecular weight excluding hydrogens is 130 g/mol. The molecule has 1 heterocycles. The number of hydrogen-bond donors (Lipinski definition) is 1. The van der Waals surface area contributed by atoms with E-state index in [1.54, 1.807) is 6.08 Å². The molecule has 0 aromatic carbocycles. The Morgan fingerprint density at radius 2 is 2.50 bits per heavy atom. The molecule has 0 saturated carbocycles. The Bertz CT molecular complexity index is 129. The van der Waals surface area contributed by atoms with E-state index in [1.807, 2.05) is 0 Å². The first kappa shape index (κ1) is 7.44. The molecule has 0 aliphatic carbocycles. The lowest BCUT2D eigenvalue weighted by Gasteiger charge is -2.29. The van der Waals surface area contributed by atoms with Crippen molar-refractivity contribution in [2.24, 2.45) is 0 Å². The summed E-state index contributed by atoms with van der Waals surface area (Å²) in [6.07, 6.45) is 2.42. The van der Waals surface area contributed by atoms with Gasteiger partial charge in [-0.15, -0.1) is 6.58 Å². The third kappa shape index (κ3) is 1.25. The molecule has 0 radical (unpaired) electrons. The van der Waals surface area contributed by atoms with E-state index in [2.05, 4.69) is 11.9 Å². The molecule has 3 nitrogen and oxygen atoms in total. The van der Waals surface area contributed by atoms with Crippen molar-refractivity contribution in [2.45, 2.75) is 5.54 Å². The molecule has 3 heteroatoms. The van der Waals surface area contributed by atoms with E-state index in [0.29, 0.717) is 19.8 Å². The van der Waals surface area contributed by atoms with Gasteiger partial charge < -0.3 is 9.53 Å². The summed E-state index contributed by atoms with van der Waals surface area (Å²) in [7, 11) is 0. The Morgan fingerprint density at radius 1 is 1.70 bits per heavy atom. The Hall–Kier alpha value is -0.670. The second-order valence-corrected chi connectivity index (χ2v) is 2.34. The van der Waals surface area contributed by atoms with Gasteiger partial charge in [-0.25, -0.2) is 0 Å². The Kier molecular flexibility index (Phi) is 2.19. The first-order valence-corrected chi connectivity index (χ1v) is 3.26. The van der Waals surface area contributed by atoms with E-state index in [1.165, 1.54) is 0 Å². The van der Waals surface area contributed by atoms with Crippen molar-refractivity contribution in [1.82, 2.24) is 5.32 Å². The quantitative estimate of drug-likeness (QED) is 0.425. The number of nitrogens with one attached hydrogen (secondary N) is 1. The fourth-order valence-electron chi connectivity index (χ4n) is 0.903. The van der Waals surface area contributed by atoms with Crippen LogP contribution in [-0.2, 0) is 9.53 Å². The van der Waals surface area contributed by atoms with Crippen LogP contribution in [0.1, 0.15) is 0 Å². The van der Waals surface area contributed by atoms with Crippen molar-refractivity contribution >= 4 is 6.29 Å². The maximum Gasteiger partial charge on any atom is 0.146 e. The summed E-state index contributed by atoms with van der Waals surface area (Å²) in [5.41, 5.74) is -0.627. The van der Waals surface area contributed by atoms with Gasteiger partial charge in [-0.05, 0) is 0 Å². The highest BCUT2D eigenvalue weighted by Crippen LogP contribution is 2.06. The highest BCUT2D eigenvalue weighted by atomic mass is 16.5.